The lowest BCUT2D eigenvalue weighted by molar-refractivity contribution is 0.455. The molecule has 3 heteroatoms. The Kier molecular flexibility index (Phi) is 4.36. The molecule has 0 saturated carbocycles. The van der Waals surface area contributed by atoms with Crippen LogP contribution in [0.5, 0.6) is 0 Å². The minimum absolute atomic E-state index is 0.565. The Morgan fingerprint density at radius 1 is 0.692 bits per heavy atom. The highest BCUT2D eigenvalue weighted by molar-refractivity contribution is 5.50. The van der Waals surface area contributed by atoms with E-state index in [4.69, 9.17) is 5.10 Å². The van der Waals surface area contributed by atoms with Crippen LogP contribution in [0.2, 0.25) is 0 Å². The van der Waals surface area contributed by atoms with Crippen molar-refractivity contribution in [3.05, 3.63) is 120 Å². The summed E-state index contributed by atoms with van der Waals surface area (Å²) in [5.74, 6) is 0.845. The van der Waals surface area contributed by atoms with Crippen LogP contribution in [0.25, 0.3) is 0 Å². The molecule has 4 rings (SSSR count). The maximum atomic E-state index is 4.84. The van der Waals surface area contributed by atoms with E-state index in [1.165, 1.54) is 0 Å². The van der Waals surface area contributed by atoms with Crippen LogP contribution in [0.1, 0.15) is 29.4 Å². The molecule has 0 N–H and O–H groups in total. The summed E-state index contributed by atoms with van der Waals surface area (Å²) in [5, 5.41) is 4.84. The first-order chi connectivity index (χ1) is 12.9. The van der Waals surface area contributed by atoms with Crippen LogP contribution in [0.3, 0.4) is 0 Å². The topological polar surface area (TPSA) is 30.7 Å². The Hall–Kier alpha value is -3.20. The third-order valence-electron chi connectivity index (χ3n) is 4.77. The lowest BCUT2D eigenvalue weighted by Crippen LogP contribution is -2.38. The molecule has 0 amide bonds. The van der Waals surface area contributed by atoms with E-state index in [0.717, 1.165) is 28.9 Å². The quantitative estimate of drug-likeness (QED) is 0.494. The highest BCUT2D eigenvalue weighted by atomic mass is 15.4. The molecule has 0 aliphatic carbocycles. The minimum Gasteiger partial charge on any atom is -0.233 e. The van der Waals surface area contributed by atoms with Crippen molar-refractivity contribution < 1.29 is 0 Å². The molecule has 0 fully saturated rings. The lowest BCUT2D eigenvalue weighted by Gasteiger charge is -2.35. The third-order valence-corrected chi connectivity index (χ3v) is 4.77. The number of nitrogens with zero attached hydrogens (tertiary/aromatic N) is 3. The van der Waals surface area contributed by atoms with Crippen LogP contribution in [-0.2, 0) is 12.0 Å². The van der Waals surface area contributed by atoms with E-state index in [0.29, 0.717) is 0 Å². The van der Waals surface area contributed by atoms with Crippen molar-refractivity contribution in [2.45, 2.75) is 18.9 Å². The van der Waals surface area contributed by atoms with Gasteiger partial charge >= 0.3 is 0 Å². The Labute approximate surface area is 154 Å². The molecule has 0 spiro atoms. The maximum Gasteiger partial charge on any atom is 0.150 e. The maximum absolute atomic E-state index is 4.84. The number of aryl methyl sites for hydroxylation is 1. The zero-order valence-corrected chi connectivity index (χ0v) is 14.8. The average Bonchev–Trinajstić information content (AvgIpc) is 3.21. The standard InChI is InChI=1S/C23H21N3/c1-2-22-24-18-26(25-22)23(19-12-6-3-7-13-19,20-14-8-4-9-15-20)21-16-10-5-11-17-21/h3-18H,2H2,1H3. The third kappa shape index (κ3) is 2.62. The predicted octanol–water partition coefficient (Wildman–Crippen LogP) is 4.68. The zero-order valence-electron chi connectivity index (χ0n) is 14.8. The number of hydrogen-bond acceptors (Lipinski definition) is 2. The molecule has 4 aromatic rings. The molecule has 1 aromatic heterocycles. The molecule has 0 aliphatic heterocycles. The summed E-state index contributed by atoms with van der Waals surface area (Å²) in [4.78, 5) is 4.53. The van der Waals surface area contributed by atoms with Crippen molar-refractivity contribution in [2.24, 2.45) is 0 Å². The van der Waals surface area contributed by atoms with E-state index in [1.54, 1.807) is 0 Å². The molecular weight excluding hydrogens is 318 g/mol. The van der Waals surface area contributed by atoms with Crippen LogP contribution in [0.4, 0.5) is 0 Å². The second-order valence-electron chi connectivity index (χ2n) is 6.27. The molecular formula is C23H21N3. The van der Waals surface area contributed by atoms with Gasteiger partial charge in [0.1, 0.15) is 17.7 Å². The molecule has 0 saturated heterocycles. The van der Waals surface area contributed by atoms with Crippen LogP contribution in [-0.4, -0.2) is 14.8 Å². The van der Waals surface area contributed by atoms with Gasteiger partial charge in [-0.2, -0.15) is 5.10 Å². The Bertz CT molecular complexity index is 863. The van der Waals surface area contributed by atoms with Crippen molar-refractivity contribution in [2.75, 3.05) is 0 Å². The van der Waals surface area contributed by atoms with Gasteiger partial charge in [-0.25, -0.2) is 9.67 Å². The van der Waals surface area contributed by atoms with Gasteiger partial charge in [-0.05, 0) is 16.7 Å². The number of benzene rings is 3. The fraction of sp³-hybridized carbons (Fsp3) is 0.130. The van der Waals surface area contributed by atoms with E-state index in [-0.39, 0.29) is 0 Å². The van der Waals surface area contributed by atoms with Gasteiger partial charge < -0.3 is 0 Å². The summed E-state index contributed by atoms with van der Waals surface area (Å²) < 4.78 is 2.01. The summed E-state index contributed by atoms with van der Waals surface area (Å²) >= 11 is 0. The van der Waals surface area contributed by atoms with E-state index < -0.39 is 5.54 Å². The van der Waals surface area contributed by atoms with E-state index >= 15 is 0 Å². The fourth-order valence-electron chi connectivity index (χ4n) is 3.56. The van der Waals surface area contributed by atoms with Gasteiger partial charge in [0.15, 0.2) is 0 Å². The van der Waals surface area contributed by atoms with Gasteiger partial charge in [-0.1, -0.05) is 97.9 Å². The molecule has 3 aromatic carbocycles. The van der Waals surface area contributed by atoms with E-state index in [1.807, 2.05) is 29.2 Å². The molecule has 0 radical (unpaired) electrons. The molecule has 128 valence electrons. The Morgan fingerprint density at radius 3 is 1.46 bits per heavy atom. The first-order valence-corrected chi connectivity index (χ1v) is 8.93. The first-order valence-electron chi connectivity index (χ1n) is 8.93. The lowest BCUT2D eigenvalue weighted by atomic mass is 9.77. The Balaban J connectivity index is 2.10. The molecule has 0 atom stereocenters. The summed E-state index contributed by atoms with van der Waals surface area (Å²) in [6, 6.07) is 31.6. The summed E-state index contributed by atoms with van der Waals surface area (Å²) in [6.45, 7) is 2.08. The molecule has 26 heavy (non-hydrogen) atoms. The SMILES string of the molecule is CCc1ncn(C(c2ccccc2)(c2ccccc2)c2ccccc2)n1. The van der Waals surface area contributed by atoms with Gasteiger partial charge in [0.2, 0.25) is 0 Å². The summed E-state index contributed by atoms with van der Waals surface area (Å²) in [5.41, 5.74) is 2.91. The highest BCUT2D eigenvalue weighted by Gasteiger charge is 2.39. The predicted molar refractivity (Wildman–Crippen MR) is 104 cm³/mol. The van der Waals surface area contributed by atoms with Gasteiger partial charge in [0.25, 0.3) is 0 Å². The van der Waals surface area contributed by atoms with Crippen LogP contribution < -0.4 is 0 Å². The number of hydrogen-bond donors (Lipinski definition) is 0. The monoisotopic (exact) mass is 339 g/mol. The molecule has 0 aliphatic rings. The Morgan fingerprint density at radius 2 is 1.12 bits per heavy atom. The largest absolute Gasteiger partial charge is 0.233 e. The van der Waals surface area contributed by atoms with Crippen LogP contribution in [0, 0.1) is 0 Å². The number of rotatable bonds is 5. The van der Waals surface area contributed by atoms with Gasteiger partial charge in [0, 0.05) is 6.42 Å². The van der Waals surface area contributed by atoms with Gasteiger partial charge in [0.05, 0.1) is 0 Å². The first kappa shape index (κ1) is 16.3. The van der Waals surface area contributed by atoms with Crippen molar-refractivity contribution in [3.63, 3.8) is 0 Å². The van der Waals surface area contributed by atoms with E-state index in [2.05, 4.69) is 84.7 Å². The van der Waals surface area contributed by atoms with Crippen molar-refractivity contribution in [1.29, 1.82) is 0 Å². The average molecular weight is 339 g/mol. The highest BCUT2D eigenvalue weighted by Crippen LogP contribution is 2.39. The summed E-state index contributed by atoms with van der Waals surface area (Å²) in [6.07, 6.45) is 2.66. The minimum atomic E-state index is -0.565. The van der Waals surface area contributed by atoms with Crippen molar-refractivity contribution in [3.8, 4) is 0 Å². The van der Waals surface area contributed by atoms with E-state index in [9.17, 15) is 0 Å². The molecule has 0 bridgehead atoms. The van der Waals surface area contributed by atoms with Gasteiger partial charge in [-0.3, -0.25) is 0 Å². The normalized spacial score (nSPS) is 11.4. The number of aromatic nitrogens is 3. The van der Waals surface area contributed by atoms with Crippen molar-refractivity contribution in [1.82, 2.24) is 14.8 Å². The zero-order chi connectivity index (χ0) is 17.8. The molecule has 0 unspecified atom stereocenters. The molecule has 1 heterocycles. The molecule has 3 nitrogen and oxygen atoms in total. The van der Waals surface area contributed by atoms with Crippen LogP contribution in [0.15, 0.2) is 97.3 Å². The second kappa shape index (κ2) is 6.96. The second-order valence-corrected chi connectivity index (χ2v) is 6.27. The van der Waals surface area contributed by atoms with Crippen LogP contribution >= 0.6 is 0 Å². The van der Waals surface area contributed by atoms with Gasteiger partial charge in [-0.15, -0.1) is 0 Å². The van der Waals surface area contributed by atoms with Crippen molar-refractivity contribution >= 4 is 0 Å². The fourth-order valence-corrected chi connectivity index (χ4v) is 3.56. The smallest absolute Gasteiger partial charge is 0.150 e. The summed E-state index contributed by atoms with van der Waals surface area (Å²) in [7, 11) is 0.